The van der Waals surface area contributed by atoms with Crippen molar-refractivity contribution in [2.45, 2.75) is 100 Å². The Morgan fingerprint density at radius 2 is 1.45 bits per heavy atom. The van der Waals surface area contributed by atoms with Crippen LogP contribution >= 0.6 is 23.4 Å². The molecule has 16 heteroatoms. The minimum Gasteiger partial charge on any atom is -0.481 e. The fourth-order valence-electron chi connectivity index (χ4n) is 10.8. The van der Waals surface area contributed by atoms with Crippen molar-refractivity contribution in [2.75, 3.05) is 71.4 Å². The number of esters is 1. The monoisotopic (exact) mass is 1070 g/mol. The van der Waals surface area contributed by atoms with E-state index in [4.69, 9.17) is 16.3 Å². The molecule has 0 bridgehead atoms. The van der Waals surface area contributed by atoms with Crippen molar-refractivity contribution < 1.29 is 33.0 Å². The summed E-state index contributed by atoms with van der Waals surface area (Å²) in [6.07, 6.45) is 3.95. The molecule has 3 aliphatic rings. The summed E-state index contributed by atoms with van der Waals surface area (Å²) in [6.45, 7) is 12.3. The number of piperazine rings is 1. The molecule has 9 rings (SSSR count). The highest BCUT2D eigenvalue weighted by molar-refractivity contribution is 7.99. The third-order valence-corrected chi connectivity index (χ3v) is 17.9. The van der Waals surface area contributed by atoms with Crippen LogP contribution in [0.2, 0.25) is 5.02 Å². The molecule has 75 heavy (non-hydrogen) atoms. The van der Waals surface area contributed by atoms with Gasteiger partial charge in [0.1, 0.15) is 6.10 Å². The van der Waals surface area contributed by atoms with Gasteiger partial charge < -0.3 is 39.5 Å². The van der Waals surface area contributed by atoms with Gasteiger partial charge in [-0.1, -0.05) is 54.1 Å². The predicted molar refractivity (Wildman–Crippen MR) is 303 cm³/mol. The van der Waals surface area contributed by atoms with Gasteiger partial charge in [0, 0.05) is 108 Å². The second kappa shape index (κ2) is 24.4. The zero-order valence-corrected chi connectivity index (χ0v) is 45.5. The van der Waals surface area contributed by atoms with Crippen LogP contribution in [0.3, 0.4) is 0 Å². The van der Waals surface area contributed by atoms with Crippen LogP contribution in [-0.2, 0) is 26.1 Å². The quantitative estimate of drug-likeness (QED) is 0.0450. The topological polar surface area (TPSA) is 157 Å². The molecule has 3 heterocycles. The fraction of sp³-hybridized carbons (Fsp3) is 0.390. The number of nitrogens with zero attached hydrogens (tertiary/aromatic N) is 4. The molecule has 0 amide bonds. The molecule has 4 N–H and O–H groups in total. The minimum absolute atomic E-state index is 0.150. The van der Waals surface area contributed by atoms with E-state index >= 15 is 0 Å². The molecule has 1 aliphatic carbocycles. The number of piperidine rings is 1. The number of carboxylic acids is 1. The summed E-state index contributed by atoms with van der Waals surface area (Å²) in [7, 11) is -3.88. The number of benzene rings is 5. The van der Waals surface area contributed by atoms with Crippen molar-refractivity contribution in [1.29, 1.82) is 0 Å². The minimum atomic E-state index is -3.88. The first-order valence-corrected chi connectivity index (χ1v) is 29.2. The fourth-order valence-corrected chi connectivity index (χ4v) is 13.1. The van der Waals surface area contributed by atoms with Crippen molar-refractivity contribution >= 4 is 68.1 Å². The number of thioether (sulfide) groups is 1. The van der Waals surface area contributed by atoms with Gasteiger partial charge in [-0.05, 0) is 161 Å². The molecule has 13 nitrogen and oxygen atoms in total. The van der Waals surface area contributed by atoms with Crippen LogP contribution in [0.25, 0.3) is 22.4 Å². The summed E-state index contributed by atoms with van der Waals surface area (Å²) < 4.78 is 38.8. The smallest absolute Gasteiger partial charge is 0.340 e. The number of aliphatic carboxylic acids is 1. The Labute approximate surface area is 451 Å². The molecular weight excluding hydrogens is 1000 g/mol. The second-order valence-electron chi connectivity index (χ2n) is 20.1. The number of aromatic nitrogens is 1. The number of likely N-dealkylation sites (tertiary alicyclic amines) is 1. The standard InChI is InChI=1S/C59H69ClN6O7S2/c1-4-66-41(3)55(59(70)73-51-23-15-43(16-24-51)58(68)69)56(57(66)42-13-17-45(60)18-14-42)44-9-8-10-49(38-44)65-35-33-64(34-36-65)48-21-19-46(20-22-48)62-75(71,72)53-25-26-54(40(2)37-53)61-47(39-74-52-11-6-5-7-12-52)27-30-63-31-28-50(67)29-32-63/h5-14,17-22,25-26,37-38,43,47,50-51,61-62,67H,4,15-16,23-24,27-36,39H2,1-3H3,(H,68,69)/t43?,47-,51?/m1/s1. The number of ether oxygens (including phenoxy) is 1. The van der Waals surface area contributed by atoms with E-state index in [2.05, 4.69) is 60.5 Å². The van der Waals surface area contributed by atoms with E-state index in [9.17, 15) is 28.2 Å². The number of carboxylic acid groups (broad SMARTS) is 1. The highest BCUT2D eigenvalue weighted by Gasteiger charge is 2.33. The van der Waals surface area contributed by atoms with Gasteiger partial charge in [0.15, 0.2) is 0 Å². The van der Waals surface area contributed by atoms with Crippen molar-refractivity contribution in [2.24, 2.45) is 5.92 Å². The number of anilines is 4. The summed E-state index contributed by atoms with van der Waals surface area (Å²) in [4.78, 5) is 34.5. The Hall–Kier alpha value is -5.97. The molecule has 3 fully saturated rings. The molecule has 1 atom stereocenters. The zero-order valence-electron chi connectivity index (χ0n) is 43.1. The lowest BCUT2D eigenvalue weighted by Gasteiger charge is -2.37. The number of rotatable bonds is 19. The molecule has 0 radical (unpaired) electrons. The molecule has 0 unspecified atom stereocenters. The number of carbonyl (C=O) groups is 2. The van der Waals surface area contributed by atoms with E-state index < -0.39 is 27.9 Å². The Morgan fingerprint density at radius 1 is 0.773 bits per heavy atom. The van der Waals surface area contributed by atoms with Crippen molar-refractivity contribution in [1.82, 2.24) is 9.47 Å². The lowest BCUT2D eigenvalue weighted by molar-refractivity contribution is -0.143. The number of halogens is 1. The van der Waals surface area contributed by atoms with Gasteiger partial charge in [0.25, 0.3) is 10.0 Å². The number of carbonyl (C=O) groups excluding carboxylic acids is 1. The second-order valence-corrected chi connectivity index (χ2v) is 23.3. The maximum Gasteiger partial charge on any atom is 0.340 e. The highest BCUT2D eigenvalue weighted by atomic mass is 35.5. The number of hydrogen-bond acceptors (Lipinski definition) is 11. The third kappa shape index (κ3) is 13.2. The number of hydrogen-bond donors (Lipinski definition) is 4. The summed E-state index contributed by atoms with van der Waals surface area (Å²) >= 11 is 8.17. The molecule has 1 saturated carbocycles. The SMILES string of the molecule is CCn1c(C)c(C(=O)OC2CCC(C(=O)O)CC2)c(-c2cccc(N3CCN(c4ccc(NS(=O)(=O)c5ccc(N[C@H](CCN6CCC(O)CC6)CSc6ccccc6)c(C)c5)cc4)CC3)c2)c1-c1ccc(Cl)cc1. The van der Waals surface area contributed by atoms with Crippen LogP contribution in [-0.4, -0.2) is 110 Å². The number of aliphatic hydroxyl groups is 1. The van der Waals surface area contributed by atoms with Gasteiger partial charge in [-0.25, -0.2) is 13.2 Å². The highest BCUT2D eigenvalue weighted by Crippen LogP contribution is 2.42. The average Bonchev–Trinajstić information content (AvgIpc) is 3.76. The predicted octanol–water partition coefficient (Wildman–Crippen LogP) is 11.5. The summed E-state index contributed by atoms with van der Waals surface area (Å²) in [5, 5.41) is 23.9. The number of nitrogens with one attached hydrogen (secondary N) is 2. The number of sulfonamides is 1. The molecule has 0 spiro atoms. The molecule has 2 aliphatic heterocycles. The van der Waals surface area contributed by atoms with Crippen LogP contribution in [0, 0.1) is 19.8 Å². The van der Waals surface area contributed by atoms with Gasteiger partial charge in [0.05, 0.1) is 28.2 Å². The first-order valence-electron chi connectivity index (χ1n) is 26.3. The Morgan fingerprint density at radius 3 is 2.11 bits per heavy atom. The van der Waals surface area contributed by atoms with Crippen LogP contribution in [0.5, 0.6) is 0 Å². The molecule has 396 valence electrons. The molecule has 2 saturated heterocycles. The largest absolute Gasteiger partial charge is 0.481 e. The molecule has 5 aromatic carbocycles. The van der Waals surface area contributed by atoms with Crippen LogP contribution in [0.1, 0.15) is 73.5 Å². The van der Waals surface area contributed by atoms with E-state index in [0.717, 1.165) is 122 Å². The van der Waals surface area contributed by atoms with Gasteiger partial charge in [-0.15, -0.1) is 11.8 Å². The van der Waals surface area contributed by atoms with Gasteiger partial charge >= 0.3 is 11.9 Å². The zero-order chi connectivity index (χ0) is 52.6. The van der Waals surface area contributed by atoms with Gasteiger partial charge in [-0.3, -0.25) is 9.52 Å². The van der Waals surface area contributed by atoms with E-state index in [1.54, 1.807) is 12.1 Å². The van der Waals surface area contributed by atoms with E-state index in [0.29, 0.717) is 48.5 Å². The first-order chi connectivity index (χ1) is 36.2. The van der Waals surface area contributed by atoms with E-state index in [1.165, 1.54) is 4.90 Å². The maximum absolute atomic E-state index is 14.4. The maximum atomic E-state index is 14.4. The van der Waals surface area contributed by atoms with E-state index in [-0.39, 0.29) is 23.1 Å². The third-order valence-electron chi connectivity index (χ3n) is 15.1. The van der Waals surface area contributed by atoms with E-state index in [1.807, 2.05) is 111 Å². The Bertz CT molecular complexity index is 3020. The normalized spacial score (nSPS) is 18.1. The number of aliphatic hydroxyl groups excluding tert-OH is 1. The Kier molecular flexibility index (Phi) is 17.5. The van der Waals surface area contributed by atoms with Crippen molar-refractivity contribution in [3.8, 4) is 22.4 Å². The Balaban J connectivity index is 0.848. The average molecular weight is 1070 g/mol. The summed E-state index contributed by atoms with van der Waals surface area (Å²) in [6, 6.07) is 39.3. The summed E-state index contributed by atoms with van der Waals surface area (Å²) in [5.74, 6) is -0.758. The van der Waals surface area contributed by atoms with Crippen LogP contribution in [0.15, 0.2) is 131 Å². The lowest BCUT2D eigenvalue weighted by Crippen LogP contribution is -2.46. The van der Waals surface area contributed by atoms with Crippen molar-refractivity contribution in [3.63, 3.8) is 0 Å². The first kappa shape index (κ1) is 53.8. The lowest BCUT2D eigenvalue weighted by atomic mass is 9.87. The molecule has 1 aromatic heterocycles. The number of aryl methyl sites for hydroxylation is 1. The van der Waals surface area contributed by atoms with Gasteiger partial charge in [-0.2, -0.15) is 0 Å². The van der Waals surface area contributed by atoms with Crippen LogP contribution < -0.4 is 19.8 Å². The van der Waals surface area contributed by atoms with Crippen LogP contribution in [0.4, 0.5) is 22.7 Å². The summed E-state index contributed by atoms with van der Waals surface area (Å²) in [5.41, 5.74) is 9.10. The van der Waals surface area contributed by atoms with Gasteiger partial charge in [0.2, 0.25) is 0 Å². The molecular formula is C59H69ClN6O7S2. The molecule has 6 aromatic rings. The van der Waals surface area contributed by atoms with Crippen molar-refractivity contribution in [3.05, 3.63) is 143 Å².